The highest BCUT2D eigenvalue weighted by molar-refractivity contribution is 5.68. The molecule has 1 aliphatic rings. The lowest BCUT2D eigenvalue weighted by molar-refractivity contribution is -0.320. The fourth-order valence-corrected chi connectivity index (χ4v) is 5.38. The predicted molar refractivity (Wildman–Crippen MR) is 170 cm³/mol. The first kappa shape index (κ1) is 33.8. The van der Waals surface area contributed by atoms with Gasteiger partial charge in [0.25, 0.3) is 0 Å². The smallest absolute Gasteiger partial charge is 0.305 e. The van der Waals surface area contributed by atoms with Gasteiger partial charge in [-0.3, -0.25) is 4.79 Å². The highest BCUT2D eigenvalue weighted by Crippen LogP contribution is 2.31. The van der Waals surface area contributed by atoms with Gasteiger partial charge < -0.3 is 28.4 Å². The Balaban J connectivity index is 1.40. The summed E-state index contributed by atoms with van der Waals surface area (Å²) in [6.07, 6.45) is 4.42. The van der Waals surface area contributed by atoms with Gasteiger partial charge in [0.15, 0.2) is 6.29 Å². The average Bonchev–Trinajstić information content (AvgIpc) is 3.06. The summed E-state index contributed by atoms with van der Waals surface area (Å²) in [7, 11) is 1.44. The second-order valence-corrected chi connectivity index (χ2v) is 11.3. The maximum Gasteiger partial charge on any atom is 0.305 e. The Labute approximate surface area is 262 Å². The van der Waals surface area contributed by atoms with Crippen LogP contribution in [-0.4, -0.2) is 50.4 Å². The van der Waals surface area contributed by atoms with Gasteiger partial charge in [-0.25, -0.2) is 0 Å². The summed E-state index contributed by atoms with van der Waals surface area (Å²) in [5, 5.41) is 0. The van der Waals surface area contributed by atoms with Gasteiger partial charge in [-0.15, -0.1) is 0 Å². The van der Waals surface area contributed by atoms with E-state index in [2.05, 4.69) is 36.4 Å². The van der Waals surface area contributed by atoms with Crippen molar-refractivity contribution in [2.45, 2.75) is 102 Å². The third-order valence-electron chi connectivity index (χ3n) is 7.87. The molecule has 1 heterocycles. The standard InChI is InChI=1S/C37H48O7/c1-29-34(41-26-30-18-10-7-11-19-30)35(42-27-31-20-12-8-13-21-31)36(43-28-32-22-14-9-15-23-32)37(44-29)40-25-17-6-4-3-5-16-24-33(38)39-2/h7-15,18-23,29,34-37H,3-6,16-17,24-28H2,1-2H3/t29-,34+,35+,36-,37+/m0/s1. The molecule has 0 aliphatic carbocycles. The molecule has 3 aromatic carbocycles. The molecule has 4 rings (SSSR count). The molecule has 0 amide bonds. The van der Waals surface area contributed by atoms with E-state index in [1.807, 2.05) is 61.5 Å². The zero-order chi connectivity index (χ0) is 30.8. The van der Waals surface area contributed by atoms with Gasteiger partial charge in [-0.05, 0) is 36.5 Å². The number of carbonyl (C=O) groups excluding carboxylic acids is 1. The van der Waals surface area contributed by atoms with Gasteiger partial charge >= 0.3 is 5.97 Å². The first-order valence-corrected chi connectivity index (χ1v) is 15.9. The third-order valence-corrected chi connectivity index (χ3v) is 7.87. The molecule has 0 radical (unpaired) electrons. The lowest BCUT2D eigenvalue weighted by Crippen LogP contribution is -2.60. The number of methoxy groups -OCH3 is 1. The molecule has 44 heavy (non-hydrogen) atoms. The molecule has 1 fully saturated rings. The van der Waals surface area contributed by atoms with Gasteiger partial charge in [0, 0.05) is 13.0 Å². The topological polar surface area (TPSA) is 72.5 Å². The Morgan fingerprint density at radius 2 is 1.05 bits per heavy atom. The monoisotopic (exact) mass is 604 g/mol. The molecular weight excluding hydrogens is 556 g/mol. The second kappa shape index (κ2) is 19.3. The summed E-state index contributed by atoms with van der Waals surface area (Å²) in [4.78, 5) is 11.3. The van der Waals surface area contributed by atoms with Crippen molar-refractivity contribution in [2.24, 2.45) is 0 Å². The van der Waals surface area contributed by atoms with E-state index >= 15 is 0 Å². The van der Waals surface area contributed by atoms with E-state index in [9.17, 15) is 4.79 Å². The molecule has 0 N–H and O–H groups in total. The van der Waals surface area contributed by atoms with Crippen molar-refractivity contribution in [1.82, 2.24) is 0 Å². The summed E-state index contributed by atoms with van der Waals surface area (Å²) in [6.45, 7) is 3.86. The van der Waals surface area contributed by atoms with E-state index in [0.717, 1.165) is 55.2 Å². The van der Waals surface area contributed by atoms with Crippen LogP contribution < -0.4 is 0 Å². The van der Waals surface area contributed by atoms with Crippen LogP contribution in [0.4, 0.5) is 0 Å². The van der Waals surface area contributed by atoms with E-state index in [4.69, 9.17) is 28.4 Å². The summed E-state index contributed by atoms with van der Waals surface area (Å²) in [5.41, 5.74) is 3.24. The van der Waals surface area contributed by atoms with Crippen molar-refractivity contribution in [2.75, 3.05) is 13.7 Å². The second-order valence-electron chi connectivity index (χ2n) is 11.3. The lowest BCUT2D eigenvalue weighted by atomic mass is 9.98. The van der Waals surface area contributed by atoms with E-state index in [0.29, 0.717) is 32.8 Å². The average molecular weight is 605 g/mol. The number of hydrogen-bond acceptors (Lipinski definition) is 7. The van der Waals surface area contributed by atoms with Crippen LogP contribution >= 0.6 is 0 Å². The van der Waals surface area contributed by atoms with Gasteiger partial charge in [0.05, 0.1) is 33.0 Å². The molecule has 5 atom stereocenters. The van der Waals surface area contributed by atoms with Crippen LogP contribution in [0.2, 0.25) is 0 Å². The molecule has 0 saturated carbocycles. The third kappa shape index (κ3) is 11.5. The number of hydrogen-bond donors (Lipinski definition) is 0. The minimum atomic E-state index is -0.592. The number of unbranched alkanes of at least 4 members (excludes halogenated alkanes) is 5. The molecule has 0 unspecified atom stereocenters. The Morgan fingerprint density at radius 3 is 1.57 bits per heavy atom. The summed E-state index contributed by atoms with van der Waals surface area (Å²) in [6, 6.07) is 30.4. The van der Waals surface area contributed by atoms with Crippen LogP contribution in [0.5, 0.6) is 0 Å². The van der Waals surface area contributed by atoms with Crippen LogP contribution in [0, 0.1) is 0 Å². The molecule has 0 bridgehead atoms. The fourth-order valence-electron chi connectivity index (χ4n) is 5.38. The number of rotatable bonds is 19. The van der Waals surface area contributed by atoms with Crippen LogP contribution in [0.3, 0.4) is 0 Å². The van der Waals surface area contributed by atoms with E-state index in [1.54, 1.807) is 0 Å². The number of ether oxygens (including phenoxy) is 6. The Morgan fingerprint density at radius 1 is 0.591 bits per heavy atom. The molecule has 0 aromatic heterocycles. The van der Waals surface area contributed by atoms with E-state index in [-0.39, 0.29) is 18.2 Å². The molecule has 1 aliphatic heterocycles. The van der Waals surface area contributed by atoms with Gasteiger partial charge in [-0.1, -0.05) is 117 Å². The minimum Gasteiger partial charge on any atom is -0.469 e. The van der Waals surface area contributed by atoms with Crippen molar-refractivity contribution >= 4 is 5.97 Å². The van der Waals surface area contributed by atoms with Crippen LogP contribution in [-0.2, 0) is 53.0 Å². The van der Waals surface area contributed by atoms with Crippen LogP contribution in [0.15, 0.2) is 91.0 Å². The summed E-state index contributed by atoms with van der Waals surface area (Å²) >= 11 is 0. The number of carbonyl (C=O) groups is 1. The quantitative estimate of drug-likeness (QED) is 0.104. The zero-order valence-electron chi connectivity index (χ0n) is 26.2. The van der Waals surface area contributed by atoms with Crippen LogP contribution in [0.25, 0.3) is 0 Å². The lowest BCUT2D eigenvalue weighted by Gasteiger charge is -2.45. The van der Waals surface area contributed by atoms with Crippen molar-refractivity contribution < 1.29 is 33.2 Å². The largest absolute Gasteiger partial charge is 0.469 e. The van der Waals surface area contributed by atoms with E-state index < -0.39 is 18.5 Å². The number of esters is 1. The number of benzene rings is 3. The molecule has 1 saturated heterocycles. The fraction of sp³-hybridized carbons (Fsp3) is 0.486. The normalized spacial score (nSPS) is 21.6. The molecule has 238 valence electrons. The first-order valence-electron chi connectivity index (χ1n) is 15.9. The molecule has 7 heteroatoms. The van der Waals surface area contributed by atoms with Gasteiger partial charge in [0.1, 0.15) is 18.3 Å². The maximum atomic E-state index is 11.3. The van der Waals surface area contributed by atoms with Crippen LogP contribution in [0.1, 0.15) is 68.6 Å². The molecule has 7 nitrogen and oxygen atoms in total. The zero-order valence-corrected chi connectivity index (χ0v) is 26.2. The minimum absolute atomic E-state index is 0.136. The van der Waals surface area contributed by atoms with Crippen molar-refractivity contribution in [1.29, 1.82) is 0 Å². The SMILES string of the molecule is COC(=O)CCCCCCCCO[C@@H]1O[C@@H](C)[C@@H](OCc2ccccc2)[C@@H](OCc2ccccc2)[C@@H]1OCc1ccccc1. The van der Waals surface area contributed by atoms with Gasteiger partial charge in [0.2, 0.25) is 0 Å². The van der Waals surface area contributed by atoms with E-state index in [1.165, 1.54) is 7.11 Å². The molecule has 0 spiro atoms. The first-order chi connectivity index (χ1) is 21.6. The Bertz CT molecular complexity index is 1170. The predicted octanol–water partition coefficient (Wildman–Crippen LogP) is 7.41. The molecule has 3 aromatic rings. The maximum absolute atomic E-state index is 11.3. The summed E-state index contributed by atoms with van der Waals surface area (Å²) < 4.78 is 37.3. The molecular formula is C37H48O7. The van der Waals surface area contributed by atoms with Crippen molar-refractivity contribution in [3.05, 3.63) is 108 Å². The summed E-state index contributed by atoms with van der Waals surface area (Å²) in [5.74, 6) is -0.136. The van der Waals surface area contributed by atoms with Gasteiger partial charge in [-0.2, -0.15) is 0 Å². The van der Waals surface area contributed by atoms with Crippen molar-refractivity contribution in [3.8, 4) is 0 Å². The van der Waals surface area contributed by atoms with Crippen molar-refractivity contribution in [3.63, 3.8) is 0 Å². The highest BCUT2D eigenvalue weighted by atomic mass is 16.7. The highest BCUT2D eigenvalue weighted by Gasteiger charge is 2.47. The Hall–Kier alpha value is -3.07. The Kier molecular flexibility index (Phi) is 14.9.